The lowest BCUT2D eigenvalue weighted by Gasteiger charge is -2.05. The second-order valence-corrected chi connectivity index (χ2v) is 5.68. The number of aromatic nitrogens is 3. The second kappa shape index (κ2) is 3.22. The quantitative estimate of drug-likeness (QED) is 0.650. The fourth-order valence-electron chi connectivity index (χ4n) is 2.24. The highest BCUT2D eigenvalue weighted by atomic mass is 32.2. The van der Waals surface area contributed by atoms with Gasteiger partial charge in [0.2, 0.25) is 5.16 Å². The molecule has 2 bridgehead atoms. The Morgan fingerprint density at radius 1 is 1.41 bits per heavy atom. The Hall–Kier alpha value is -1.56. The van der Waals surface area contributed by atoms with Crippen molar-refractivity contribution in [2.24, 2.45) is 0 Å². The summed E-state index contributed by atoms with van der Waals surface area (Å²) in [4.78, 5) is 20.1. The van der Waals surface area contributed by atoms with Crippen molar-refractivity contribution in [2.45, 2.75) is 30.3 Å². The number of pyridine rings is 1. The van der Waals surface area contributed by atoms with Gasteiger partial charge in [0.25, 0.3) is 5.56 Å². The van der Waals surface area contributed by atoms with Gasteiger partial charge in [-0.25, -0.2) is 9.97 Å². The van der Waals surface area contributed by atoms with Gasteiger partial charge in [-0.15, -0.1) is 0 Å². The van der Waals surface area contributed by atoms with E-state index in [1.54, 1.807) is 16.8 Å². The zero-order valence-corrected chi connectivity index (χ0v) is 8.98. The minimum atomic E-state index is -1.16. The molecule has 4 rings (SSSR count). The maximum Gasteiger partial charge on any atom is 0.252 e. The monoisotopic (exact) mass is 249 g/mol. The summed E-state index contributed by atoms with van der Waals surface area (Å²) in [7, 11) is -1.16. The topological polar surface area (TPSA) is 64.8 Å². The number of fused-ring (bicyclic) bond motifs is 3. The Kier molecular flexibility index (Phi) is 2.01. The van der Waals surface area contributed by atoms with Crippen LogP contribution in [-0.2, 0) is 10.8 Å². The van der Waals surface area contributed by atoms with Crippen LogP contribution in [0.2, 0.25) is 0 Å². The molecule has 0 aromatic carbocycles. The maximum absolute atomic E-state index is 12.0. The predicted octanol–water partition coefficient (Wildman–Crippen LogP) is 0.862. The summed E-state index contributed by atoms with van der Waals surface area (Å²) >= 11 is 0. The predicted molar refractivity (Wildman–Crippen MR) is 64.4 cm³/mol. The molecule has 2 aromatic rings. The largest absolute Gasteiger partial charge is 0.288 e. The molecule has 0 radical (unpaired) electrons. The molecule has 1 aliphatic carbocycles. The Bertz CT molecular complexity index is 709. The zero-order chi connectivity index (χ0) is 10.9. The van der Waals surface area contributed by atoms with Gasteiger partial charge >= 0.3 is 0 Å². The van der Waals surface area contributed by atoms with Crippen molar-refractivity contribution in [1.82, 2.24) is 14.5 Å². The van der Waals surface area contributed by atoms with Crippen molar-refractivity contribution in [3.8, 4) is 0 Å². The normalized spacial score (nSPS) is 28.4. The summed E-state index contributed by atoms with van der Waals surface area (Å²) in [6.07, 6.45) is 2.42. The van der Waals surface area contributed by atoms with E-state index in [9.17, 15) is 9.00 Å². The van der Waals surface area contributed by atoms with Gasteiger partial charge in [-0.3, -0.25) is 13.6 Å². The van der Waals surface area contributed by atoms with Gasteiger partial charge in [0.05, 0.1) is 22.1 Å². The van der Waals surface area contributed by atoms with Crippen LogP contribution in [-0.4, -0.2) is 24.0 Å². The standard InChI is InChI=1S/C10H7N3O2S.CH4/c14-8-2-1-5-4-11-10-12-9(5)13(8)6-3-7(6)16(10)15;/h1-2,4,6-7H,3H2;1H4. The molecule has 17 heavy (non-hydrogen) atoms. The first-order valence-corrected chi connectivity index (χ1v) is 6.26. The first-order chi connectivity index (χ1) is 7.75. The molecule has 1 aliphatic heterocycles. The van der Waals surface area contributed by atoms with Gasteiger partial charge in [0.15, 0.2) is 0 Å². The van der Waals surface area contributed by atoms with E-state index in [0.29, 0.717) is 10.8 Å². The minimum absolute atomic E-state index is 0. The van der Waals surface area contributed by atoms with Crippen LogP contribution in [0.3, 0.4) is 0 Å². The van der Waals surface area contributed by atoms with Crippen LogP contribution in [0.5, 0.6) is 0 Å². The molecule has 2 aromatic heterocycles. The molecule has 0 spiro atoms. The number of hydrogen-bond acceptors (Lipinski definition) is 4. The third-order valence-electron chi connectivity index (χ3n) is 3.13. The Labute approximate surface area is 100.0 Å². The van der Waals surface area contributed by atoms with Gasteiger partial charge in [0, 0.05) is 17.6 Å². The molecular weight excluding hydrogens is 238 g/mol. The van der Waals surface area contributed by atoms with Crippen molar-refractivity contribution >= 4 is 21.8 Å². The number of hydrogen-bond donors (Lipinski definition) is 0. The Morgan fingerprint density at radius 2 is 2.24 bits per heavy atom. The van der Waals surface area contributed by atoms with E-state index in [-0.39, 0.29) is 24.3 Å². The van der Waals surface area contributed by atoms with E-state index in [1.807, 2.05) is 0 Å². The minimum Gasteiger partial charge on any atom is -0.288 e. The van der Waals surface area contributed by atoms with Gasteiger partial charge < -0.3 is 0 Å². The maximum atomic E-state index is 12.0. The molecule has 0 amide bonds. The van der Waals surface area contributed by atoms with Gasteiger partial charge in [-0.1, -0.05) is 7.43 Å². The fraction of sp³-hybridized carbons (Fsp3) is 0.364. The van der Waals surface area contributed by atoms with E-state index < -0.39 is 10.8 Å². The highest BCUT2D eigenvalue weighted by Crippen LogP contribution is 2.43. The highest BCUT2D eigenvalue weighted by molar-refractivity contribution is 7.85. The third-order valence-corrected chi connectivity index (χ3v) is 4.74. The van der Waals surface area contributed by atoms with E-state index >= 15 is 0 Å². The SMILES string of the molecule is C.O=c1ccc2cnc3nc2n1C1CC1S3=O. The molecule has 6 heteroatoms. The van der Waals surface area contributed by atoms with Gasteiger partial charge in [-0.2, -0.15) is 0 Å². The second-order valence-electron chi connectivity index (χ2n) is 4.11. The molecule has 3 unspecified atom stereocenters. The summed E-state index contributed by atoms with van der Waals surface area (Å²) in [5.41, 5.74) is 0.555. The molecule has 5 nitrogen and oxygen atoms in total. The van der Waals surface area contributed by atoms with E-state index in [1.165, 1.54) is 6.07 Å². The number of nitrogens with zero attached hydrogens (tertiary/aromatic N) is 3. The van der Waals surface area contributed by atoms with Gasteiger partial charge in [0.1, 0.15) is 5.65 Å². The number of rotatable bonds is 0. The smallest absolute Gasteiger partial charge is 0.252 e. The molecular formula is C11H11N3O2S. The fourth-order valence-corrected chi connectivity index (χ4v) is 3.62. The van der Waals surface area contributed by atoms with Crippen molar-refractivity contribution in [2.75, 3.05) is 0 Å². The summed E-state index contributed by atoms with van der Waals surface area (Å²) in [6, 6.07) is 3.28. The molecule has 3 atom stereocenters. The molecule has 3 heterocycles. The van der Waals surface area contributed by atoms with E-state index in [0.717, 1.165) is 11.8 Å². The van der Waals surface area contributed by atoms with Crippen LogP contribution >= 0.6 is 0 Å². The molecule has 88 valence electrons. The zero-order valence-electron chi connectivity index (χ0n) is 8.16. The van der Waals surface area contributed by atoms with E-state index in [2.05, 4.69) is 9.97 Å². The summed E-state index contributed by atoms with van der Waals surface area (Å²) in [5, 5.41) is 1.20. The van der Waals surface area contributed by atoms with Crippen LogP contribution in [0.15, 0.2) is 28.3 Å². The van der Waals surface area contributed by atoms with Crippen molar-refractivity contribution in [1.29, 1.82) is 0 Å². The highest BCUT2D eigenvalue weighted by Gasteiger charge is 2.47. The van der Waals surface area contributed by atoms with Crippen LogP contribution in [0.1, 0.15) is 19.9 Å². The van der Waals surface area contributed by atoms with Crippen LogP contribution in [0, 0.1) is 0 Å². The van der Waals surface area contributed by atoms with Gasteiger partial charge in [-0.05, 0) is 12.5 Å². The lowest BCUT2D eigenvalue weighted by atomic mass is 10.3. The summed E-state index contributed by atoms with van der Waals surface area (Å²) in [5.74, 6) is 0. The molecule has 0 saturated heterocycles. The van der Waals surface area contributed by atoms with Crippen LogP contribution in [0.25, 0.3) is 11.0 Å². The third kappa shape index (κ3) is 1.24. The average molecular weight is 249 g/mol. The van der Waals surface area contributed by atoms with Crippen LogP contribution < -0.4 is 5.56 Å². The van der Waals surface area contributed by atoms with Crippen molar-refractivity contribution in [3.05, 3.63) is 28.7 Å². The van der Waals surface area contributed by atoms with Crippen molar-refractivity contribution < 1.29 is 4.21 Å². The van der Waals surface area contributed by atoms with Crippen molar-refractivity contribution in [3.63, 3.8) is 0 Å². The Morgan fingerprint density at radius 3 is 3.06 bits per heavy atom. The summed E-state index contributed by atoms with van der Waals surface area (Å²) < 4.78 is 13.6. The molecule has 0 N–H and O–H groups in total. The lowest BCUT2D eigenvalue weighted by Crippen LogP contribution is -2.19. The first-order valence-electron chi connectivity index (χ1n) is 5.04. The molecule has 2 aliphatic rings. The first kappa shape index (κ1) is 10.6. The summed E-state index contributed by atoms with van der Waals surface area (Å²) in [6.45, 7) is 0. The Balaban J connectivity index is 0.000000902. The average Bonchev–Trinajstić information content (AvgIpc) is 3.06. The van der Waals surface area contributed by atoms with E-state index in [4.69, 9.17) is 0 Å². The lowest BCUT2D eigenvalue weighted by molar-refractivity contribution is 0.674. The molecule has 1 fully saturated rings. The van der Waals surface area contributed by atoms with Crippen LogP contribution in [0.4, 0.5) is 0 Å². The molecule has 1 saturated carbocycles.